The molecule has 6 heteroatoms. The van der Waals surface area contributed by atoms with E-state index in [1.165, 1.54) is 7.11 Å². The molecule has 0 aliphatic heterocycles. The molecule has 1 aliphatic carbocycles. The number of fused-ring (bicyclic) bond motifs is 1. The highest BCUT2D eigenvalue weighted by Gasteiger charge is 2.30. The van der Waals surface area contributed by atoms with Crippen molar-refractivity contribution < 1.29 is 13.9 Å². The van der Waals surface area contributed by atoms with Gasteiger partial charge in [-0.1, -0.05) is 6.07 Å². The van der Waals surface area contributed by atoms with Gasteiger partial charge in [-0.05, 0) is 30.5 Å². The Hall–Kier alpha value is -2.08. The number of benzene rings is 1. The Morgan fingerprint density at radius 3 is 3.00 bits per heavy atom. The highest BCUT2D eigenvalue weighted by Crippen LogP contribution is 2.26. The van der Waals surface area contributed by atoms with E-state index < -0.39 is 11.8 Å². The summed E-state index contributed by atoms with van der Waals surface area (Å²) in [5.74, 6) is -0.839. The predicted molar refractivity (Wildman–Crippen MR) is 67.7 cm³/mol. The van der Waals surface area contributed by atoms with Gasteiger partial charge in [-0.2, -0.15) is 0 Å². The molecule has 1 atom stereocenters. The minimum Gasteiger partial charge on any atom is -0.468 e. The summed E-state index contributed by atoms with van der Waals surface area (Å²) in [5.41, 5.74) is 1.81. The molecule has 1 aromatic heterocycles. The third-order valence-electron chi connectivity index (χ3n) is 3.19. The number of carbonyl (C=O) groups excluding carboxylic acids is 1. The van der Waals surface area contributed by atoms with Crippen molar-refractivity contribution in [2.75, 3.05) is 7.11 Å². The molecule has 0 saturated heterocycles. The molecule has 1 unspecified atom stereocenters. The molecule has 0 spiro atoms. The first-order valence-corrected chi connectivity index (χ1v) is 6.14. The second-order valence-corrected chi connectivity index (χ2v) is 4.67. The van der Waals surface area contributed by atoms with Crippen LogP contribution in [-0.2, 0) is 9.53 Å². The summed E-state index contributed by atoms with van der Waals surface area (Å²) in [7, 11) is 1.36. The van der Waals surface area contributed by atoms with E-state index in [2.05, 4.69) is 10.3 Å². The summed E-state index contributed by atoms with van der Waals surface area (Å²) in [6, 6.07) is 5.02. The number of hydrogen-bond acceptors (Lipinski definition) is 5. The van der Waals surface area contributed by atoms with Crippen LogP contribution in [-0.4, -0.2) is 24.1 Å². The fourth-order valence-electron chi connectivity index (χ4n) is 2.05. The fourth-order valence-corrected chi connectivity index (χ4v) is 2.05. The number of aromatic nitrogens is 1. The Kier molecular flexibility index (Phi) is 2.87. The molecule has 2 N–H and O–H groups in total. The molecule has 1 heterocycles. The topological polar surface area (TPSA) is 84.3 Å². The lowest BCUT2D eigenvalue weighted by Crippen LogP contribution is -2.31. The van der Waals surface area contributed by atoms with Crippen LogP contribution in [0, 0.1) is 0 Å². The highest BCUT2D eigenvalue weighted by molar-refractivity contribution is 5.80. The molecule has 3 rings (SSSR count). The number of oxazole rings is 1. The SMILES string of the molecule is COC(=O)C(NC1CC1)c1ccc2oc(=O)[nH]c2c1. The molecule has 0 bridgehead atoms. The van der Waals surface area contributed by atoms with Gasteiger partial charge in [0.25, 0.3) is 0 Å². The maximum absolute atomic E-state index is 11.8. The smallest absolute Gasteiger partial charge is 0.417 e. The number of carbonyl (C=O) groups is 1. The summed E-state index contributed by atoms with van der Waals surface area (Å²) < 4.78 is 9.75. The van der Waals surface area contributed by atoms with Crippen molar-refractivity contribution in [1.82, 2.24) is 10.3 Å². The van der Waals surface area contributed by atoms with E-state index in [1.807, 2.05) is 0 Å². The lowest BCUT2D eigenvalue weighted by atomic mass is 10.1. The van der Waals surface area contributed by atoms with E-state index in [1.54, 1.807) is 18.2 Å². The zero-order valence-electron chi connectivity index (χ0n) is 10.4. The van der Waals surface area contributed by atoms with Crippen molar-refractivity contribution in [3.8, 4) is 0 Å². The average Bonchev–Trinajstić information content (AvgIpc) is 3.14. The molecule has 2 aromatic rings. The molecule has 6 nitrogen and oxygen atoms in total. The van der Waals surface area contributed by atoms with Crippen molar-refractivity contribution >= 4 is 17.1 Å². The van der Waals surface area contributed by atoms with Crippen LogP contribution in [0.15, 0.2) is 27.4 Å². The molecule has 1 aromatic carbocycles. The van der Waals surface area contributed by atoms with E-state index in [0.717, 1.165) is 18.4 Å². The van der Waals surface area contributed by atoms with E-state index in [9.17, 15) is 9.59 Å². The fraction of sp³-hybridized carbons (Fsp3) is 0.385. The first-order chi connectivity index (χ1) is 9.17. The van der Waals surface area contributed by atoms with Crippen molar-refractivity contribution in [2.24, 2.45) is 0 Å². The molecule has 0 radical (unpaired) electrons. The lowest BCUT2D eigenvalue weighted by molar-refractivity contribution is -0.143. The summed E-state index contributed by atoms with van der Waals surface area (Å²) in [6.07, 6.45) is 2.14. The highest BCUT2D eigenvalue weighted by atomic mass is 16.5. The molecule has 0 amide bonds. The Morgan fingerprint density at radius 2 is 2.32 bits per heavy atom. The van der Waals surface area contributed by atoms with Crippen LogP contribution in [0.2, 0.25) is 0 Å². The number of methoxy groups -OCH3 is 1. The summed E-state index contributed by atoms with van der Waals surface area (Å²) in [5, 5.41) is 3.23. The van der Waals surface area contributed by atoms with Crippen LogP contribution in [0.5, 0.6) is 0 Å². The molecule has 1 saturated carbocycles. The second kappa shape index (κ2) is 4.55. The number of rotatable bonds is 4. The van der Waals surface area contributed by atoms with Gasteiger partial charge in [-0.25, -0.2) is 9.59 Å². The molecule has 100 valence electrons. The lowest BCUT2D eigenvalue weighted by Gasteiger charge is -2.16. The van der Waals surface area contributed by atoms with Crippen molar-refractivity contribution in [2.45, 2.75) is 24.9 Å². The van der Waals surface area contributed by atoms with Crippen LogP contribution in [0.3, 0.4) is 0 Å². The summed E-state index contributed by atoms with van der Waals surface area (Å²) in [4.78, 5) is 25.5. The van der Waals surface area contributed by atoms with Gasteiger partial charge in [-0.15, -0.1) is 0 Å². The number of ether oxygens (including phenoxy) is 1. The normalized spacial score (nSPS) is 16.5. The van der Waals surface area contributed by atoms with Crippen LogP contribution < -0.4 is 11.1 Å². The van der Waals surface area contributed by atoms with Crippen molar-refractivity contribution in [3.05, 3.63) is 34.3 Å². The Morgan fingerprint density at radius 1 is 1.53 bits per heavy atom. The van der Waals surface area contributed by atoms with Gasteiger partial charge in [0.1, 0.15) is 6.04 Å². The number of H-pyrrole nitrogens is 1. The standard InChI is InChI=1S/C13H14N2O4/c1-18-12(16)11(14-8-3-4-8)7-2-5-10-9(6-7)15-13(17)19-10/h2,5-6,8,11,14H,3-4H2,1H3,(H,15,17). The number of aromatic amines is 1. The minimum atomic E-state index is -0.514. The monoisotopic (exact) mass is 262 g/mol. The third kappa shape index (κ3) is 2.39. The Balaban J connectivity index is 1.97. The average molecular weight is 262 g/mol. The quantitative estimate of drug-likeness (QED) is 0.806. The van der Waals surface area contributed by atoms with Gasteiger partial charge in [0.05, 0.1) is 12.6 Å². The maximum Gasteiger partial charge on any atom is 0.417 e. The van der Waals surface area contributed by atoms with E-state index >= 15 is 0 Å². The summed E-state index contributed by atoms with van der Waals surface area (Å²) in [6.45, 7) is 0. The molecule has 1 aliphatic rings. The van der Waals surface area contributed by atoms with Crippen molar-refractivity contribution in [1.29, 1.82) is 0 Å². The molecule has 19 heavy (non-hydrogen) atoms. The zero-order chi connectivity index (χ0) is 13.4. The van der Waals surface area contributed by atoms with Crippen LogP contribution in [0.1, 0.15) is 24.4 Å². The van der Waals surface area contributed by atoms with E-state index in [-0.39, 0.29) is 5.97 Å². The van der Waals surface area contributed by atoms with E-state index in [4.69, 9.17) is 9.15 Å². The molecular weight excluding hydrogens is 248 g/mol. The largest absolute Gasteiger partial charge is 0.468 e. The first kappa shape index (κ1) is 12.0. The molecular formula is C13H14N2O4. The van der Waals surface area contributed by atoms with Crippen molar-refractivity contribution in [3.63, 3.8) is 0 Å². The second-order valence-electron chi connectivity index (χ2n) is 4.67. The van der Waals surface area contributed by atoms with Crippen LogP contribution in [0.4, 0.5) is 0 Å². The van der Waals surface area contributed by atoms with E-state index in [0.29, 0.717) is 17.1 Å². The van der Waals surface area contributed by atoms with Gasteiger partial charge in [0, 0.05) is 6.04 Å². The number of esters is 1. The first-order valence-electron chi connectivity index (χ1n) is 6.14. The van der Waals surface area contributed by atoms with Gasteiger partial charge in [0.15, 0.2) is 5.58 Å². The Bertz CT molecular complexity index is 669. The minimum absolute atomic E-state index is 0.336. The maximum atomic E-state index is 11.8. The van der Waals surface area contributed by atoms with Gasteiger partial charge >= 0.3 is 11.7 Å². The zero-order valence-corrected chi connectivity index (χ0v) is 10.4. The Labute approximate surface area is 108 Å². The number of hydrogen-bond donors (Lipinski definition) is 2. The molecule has 1 fully saturated rings. The van der Waals surface area contributed by atoms with Gasteiger partial charge in [-0.3, -0.25) is 10.3 Å². The van der Waals surface area contributed by atoms with Crippen LogP contribution in [0.25, 0.3) is 11.1 Å². The third-order valence-corrected chi connectivity index (χ3v) is 3.19. The number of nitrogens with one attached hydrogen (secondary N) is 2. The van der Waals surface area contributed by atoms with Crippen LogP contribution >= 0.6 is 0 Å². The van der Waals surface area contributed by atoms with Gasteiger partial charge in [0.2, 0.25) is 0 Å². The van der Waals surface area contributed by atoms with Gasteiger partial charge < -0.3 is 9.15 Å². The predicted octanol–water partition coefficient (Wildman–Crippen LogP) is 1.09. The summed E-state index contributed by atoms with van der Waals surface area (Å²) >= 11 is 0.